The second kappa shape index (κ2) is 9.23. The van der Waals surface area contributed by atoms with Crippen molar-refractivity contribution in [3.8, 4) is 10.9 Å². The average Bonchev–Trinajstić information content (AvgIpc) is 3.58. The molecule has 35 heavy (non-hydrogen) atoms. The van der Waals surface area contributed by atoms with Gasteiger partial charge in [0.2, 0.25) is 21.1 Å². The van der Waals surface area contributed by atoms with Crippen LogP contribution in [-0.4, -0.2) is 53.1 Å². The van der Waals surface area contributed by atoms with E-state index in [-0.39, 0.29) is 11.4 Å². The number of ether oxygens (including phenoxy) is 1. The standard InChI is InChI=1S/C23H22ClN5O4S2/c1-14-13-20(29(27-14)23-26-21-17(24)5-3-7-19(21)34-23)25-22(30)18-6-4-12-28(18)35(31,32)16-10-8-15(33-2)9-11-16/h3,5,7-11,13,18H,4,6,12H2,1-2H3,(H,25,30). The summed E-state index contributed by atoms with van der Waals surface area (Å²) in [6, 6.07) is 12.6. The number of anilines is 1. The third-order valence-electron chi connectivity index (χ3n) is 5.79. The van der Waals surface area contributed by atoms with Crippen molar-refractivity contribution in [1.29, 1.82) is 0 Å². The Kier molecular flexibility index (Phi) is 6.26. The minimum absolute atomic E-state index is 0.116. The summed E-state index contributed by atoms with van der Waals surface area (Å²) in [5.74, 6) is 0.552. The molecule has 182 valence electrons. The lowest BCUT2D eigenvalue weighted by Gasteiger charge is -2.23. The quantitative estimate of drug-likeness (QED) is 0.399. The van der Waals surface area contributed by atoms with E-state index in [1.807, 2.05) is 19.1 Å². The number of nitrogens with zero attached hydrogens (tertiary/aromatic N) is 4. The number of aryl methyl sites for hydroxylation is 1. The van der Waals surface area contributed by atoms with Gasteiger partial charge in [-0.1, -0.05) is 29.0 Å². The van der Waals surface area contributed by atoms with Gasteiger partial charge in [0, 0.05) is 12.6 Å². The number of para-hydroxylation sites is 1. The van der Waals surface area contributed by atoms with Gasteiger partial charge in [0.25, 0.3) is 0 Å². The van der Waals surface area contributed by atoms with E-state index in [1.165, 1.54) is 34.9 Å². The first-order valence-electron chi connectivity index (χ1n) is 10.9. The number of methoxy groups -OCH3 is 1. The zero-order valence-corrected chi connectivity index (χ0v) is 21.3. The maximum Gasteiger partial charge on any atom is 0.243 e. The fourth-order valence-electron chi connectivity index (χ4n) is 4.11. The maximum absolute atomic E-state index is 13.3. The fourth-order valence-corrected chi connectivity index (χ4v) is 7.00. The largest absolute Gasteiger partial charge is 0.497 e. The van der Waals surface area contributed by atoms with E-state index in [0.717, 1.165) is 4.70 Å². The maximum atomic E-state index is 13.3. The van der Waals surface area contributed by atoms with Gasteiger partial charge in [-0.3, -0.25) is 4.79 Å². The number of carbonyl (C=O) groups is 1. The van der Waals surface area contributed by atoms with Crippen molar-refractivity contribution < 1.29 is 17.9 Å². The fraction of sp³-hybridized carbons (Fsp3) is 0.261. The first-order valence-corrected chi connectivity index (χ1v) is 13.5. The molecule has 3 heterocycles. The molecule has 0 aliphatic carbocycles. The predicted molar refractivity (Wildman–Crippen MR) is 135 cm³/mol. The minimum Gasteiger partial charge on any atom is -0.497 e. The van der Waals surface area contributed by atoms with Gasteiger partial charge in [0.15, 0.2) is 0 Å². The number of benzene rings is 2. The number of aromatic nitrogens is 3. The summed E-state index contributed by atoms with van der Waals surface area (Å²) < 4.78 is 35.4. The summed E-state index contributed by atoms with van der Waals surface area (Å²) in [5.41, 5.74) is 1.34. The number of amides is 1. The van der Waals surface area contributed by atoms with Crippen LogP contribution in [0.25, 0.3) is 15.3 Å². The van der Waals surface area contributed by atoms with Gasteiger partial charge in [0.05, 0.1) is 27.4 Å². The van der Waals surface area contributed by atoms with E-state index in [1.54, 1.807) is 28.9 Å². The number of rotatable bonds is 6. The lowest BCUT2D eigenvalue weighted by atomic mass is 10.2. The van der Waals surface area contributed by atoms with Gasteiger partial charge < -0.3 is 10.1 Å². The van der Waals surface area contributed by atoms with E-state index in [2.05, 4.69) is 15.4 Å². The monoisotopic (exact) mass is 531 g/mol. The lowest BCUT2D eigenvalue weighted by Crippen LogP contribution is -2.43. The highest BCUT2D eigenvalue weighted by Crippen LogP contribution is 2.32. The number of carbonyl (C=O) groups excluding carboxylic acids is 1. The Morgan fingerprint density at radius 2 is 2.00 bits per heavy atom. The van der Waals surface area contributed by atoms with Crippen molar-refractivity contribution in [2.75, 3.05) is 19.0 Å². The van der Waals surface area contributed by atoms with Crippen LogP contribution in [0.3, 0.4) is 0 Å². The highest BCUT2D eigenvalue weighted by Gasteiger charge is 2.39. The molecule has 0 spiro atoms. The molecule has 1 atom stereocenters. The molecule has 1 N–H and O–H groups in total. The van der Waals surface area contributed by atoms with Crippen LogP contribution >= 0.6 is 22.9 Å². The molecule has 0 radical (unpaired) electrons. The van der Waals surface area contributed by atoms with Gasteiger partial charge in [-0.2, -0.15) is 14.1 Å². The second-order valence-electron chi connectivity index (χ2n) is 8.10. The summed E-state index contributed by atoms with van der Waals surface area (Å²) in [5, 5.41) is 8.43. The summed E-state index contributed by atoms with van der Waals surface area (Å²) in [6.45, 7) is 2.07. The first kappa shape index (κ1) is 23.7. The van der Waals surface area contributed by atoms with Crippen LogP contribution in [0.4, 0.5) is 5.82 Å². The van der Waals surface area contributed by atoms with Crippen molar-refractivity contribution in [1.82, 2.24) is 19.1 Å². The number of fused-ring (bicyclic) bond motifs is 1. The topological polar surface area (TPSA) is 106 Å². The molecule has 12 heteroatoms. The van der Waals surface area contributed by atoms with Crippen LogP contribution in [0.15, 0.2) is 53.4 Å². The summed E-state index contributed by atoms with van der Waals surface area (Å²) >= 11 is 7.67. The van der Waals surface area contributed by atoms with Crippen LogP contribution in [0, 0.1) is 6.92 Å². The van der Waals surface area contributed by atoms with E-state index in [0.29, 0.717) is 45.8 Å². The molecular formula is C23H22ClN5O4S2. The van der Waals surface area contributed by atoms with Crippen molar-refractivity contribution in [2.24, 2.45) is 0 Å². The molecule has 1 saturated heterocycles. The number of thiazole rings is 1. The molecule has 1 amide bonds. The number of nitrogens with one attached hydrogen (secondary N) is 1. The number of hydrogen-bond acceptors (Lipinski definition) is 7. The molecule has 1 fully saturated rings. The van der Waals surface area contributed by atoms with Gasteiger partial charge in [-0.05, 0) is 56.2 Å². The number of hydrogen-bond donors (Lipinski definition) is 1. The van der Waals surface area contributed by atoms with Crippen molar-refractivity contribution in [3.63, 3.8) is 0 Å². The third-order valence-corrected chi connectivity index (χ3v) is 9.02. The van der Waals surface area contributed by atoms with Crippen molar-refractivity contribution in [3.05, 3.63) is 59.2 Å². The summed E-state index contributed by atoms with van der Waals surface area (Å²) in [4.78, 5) is 18.0. The first-order chi connectivity index (χ1) is 16.8. The molecule has 4 aromatic rings. The number of sulfonamides is 1. The highest BCUT2D eigenvalue weighted by molar-refractivity contribution is 7.89. The van der Waals surface area contributed by atoms with Crippen LogP contribution in [-0.2, 0) is 14.8 Å². The second-order valence-corrected chi connectivity index (χ2v) is 11.4. The molecule has 0 bridgehead atoms. The lowest BCUT2D eigenvalue weighted by molar-refractivity contribution is -0.119. The smallest absolute Gasteiger partial charge is 0.243 e. The van der Waals surface area contributed by atoms with Crippen LogP contribution < -0.4 is 10.1 Å². The third kappa shape index (κ3) is 4.40. The predicted octanol–water partition coefficient (Wildman–Crippen LogP) is 4.24. The minimum atomic E-state index is -3.86. The zero-order valence-electron chi connectivity index (χ0n) is 18.9. The highest BCUT2D eigenvalue weighted by atomic mass is 35.5. The summed E-state index contributed by atoms with van der Waals surface area (Å²) in [7, 11) is -2.35. The van der Waals surface area contributed by atoms with Crippen LogP contribution in [0.1, 0.15) is 18.5 Å². The molecule has 9 nitrogen and oxygen atoms in total. The van der Waals surface area contributed by atoms with Gasteiger partial charge in [-0.15, -0.1) is 0 Å². The van der Waals surface area contributed by atoms with E-state index in [9.17, 15) is 13.2 Å². The molecule has 5 rings (SSSR count). The van der Waals surface area contributed by atoms with E-state index in [4.69, 9.17) is 16.3 Å². The Hall–Kier alpha value is -2.99. The molecule has 1 aliphatic rings. The zero-order chi connectivity index (χ0) is 24.7. The van der Waals surface area contributed by atoms with Crippen LogP contribution in [0.5, 0.6) is 5.75 Å². The average molecular weight is 532 g/mol. The molecule has 1 unspecified atom stereocenters. The molecule has 2 aromatic heterocycles. The van der Waals surface area contributed by atoms with Crippen molar-refractivity contribution >= 4 is 54.9 Å². The SMILES string of the molecule is COc1ccc(S(=O)(=O)N2CCCC2C(=O)Nc2cc(C)nn2-c2nc3c(Cl)cccc3s2)cc1. The van der Waals surface area contributed by atoms with E-state index < -0.39 is 22.0 Å². The Balaban J connectivity index is 1.42. The Labute approximate surface area is 211 Å². The molecule has 0 saturated carbocycles. The Bertz CT molecular complexity index is 1510. The van der Waals surface area contributed by atoms with Gasteiger partial charge in [-0.25, -0.2) is 13.4 Å². The van der Waals surface area contributed by atoms with E-state index >= 15 is 0 Å². The van der Waals surface area contributed by atoms with Crippen LogP contribution in [0.2, 0.25) is 5.02 Å². The van der Waals surface area contributed by atoms with Crippen molar-refractivity contribution in [2.45, 2.75) is 30.7 Å². The Morgan fingerprint density at radius 1 is 1.23 bits per heavy atom. The molecule has 1 aliphatic heterocycles. The Morgan fingerprint density at radius 3 is 2.71 bits per heavy atom. The molecular weight excluding hydrogens is 510 g/mol. The molecule has 2 aromatic carbocycles. The van der Waals surface area contributed by atoms with Gasteiger partial charge in [0.1, 0.15) is 23.1 Å². The summed E-state index contributed by atoms with van der Waals surface area (Å²) in [6.07, 6.45) is 1.01. The normalized spacial score (nSPS) is 16.6. The number of halogens is 1. The van der Waals surface area contributed by atoms with Gasteiger partial charge >= 0.3 is 0 Å².